The monoisotopic (exact) mass is 234 g/mol. The van der Waals surface area contributed by atoms with E-state index in [9.17, 15) is 0 Å². The van der Waals surface area contributed by atoms with Gasteiger partial charge in [-0.3, -0.25) is 0 Å². The molecular weight excluding hydrogens is 216 g/mol. The van der Waals surface area contributed by atoms with Gasteiger partial charge in [0.2, 0.25) is 0 Å². The summed E-state index contributed by atoms with van der Waals surface area (Å²) in [5, 5.41) is 1.37. The number of thiophene rings is 1. The van der Waals surface area contributed by atoms with Crippen molar-refractivity contribution < 1.29 is 0 Å². The van der Waals surface area contributed by atoms with Gasteiger partial charge in [-0.25, -0.2) is 0 Å². The average Bonchev–Trinajstić information content (AvgIpc) is 2.67. The Bertz CT molecular complexity index is 476. The largest absolute Gasteiger partial charge is 0.326 e. The van der Waals surface area contributed by atoms with Crippen molar-refractivity contribution in [2.24, 2.45) is 5.73 Å². The molecule has 2 nitrogen and oxygen atoms in total. The molecule has 0 saturated carbocycles. The van der Waals surface area contributed by atoms with E-state index in [-0.39, 0.29) is 0 Å². The van der Waals surface area contributed by atoms with Gasteiger partial charge in [-0.2, -0.15) is 0 Å². The van der Waals surface area contributed by atoms with Gasteiger partial charge < -0.3 is 10.6 Å². The third-order valence-electron chi connectivity index (χ3n) is 2.94. The molecule has 2 aromatic rings. The lowest BCUT2D eigenvalue weighted by atomic mass is 10.1. The third-order valence-corrected chi connectivity index (χ3v) is 4.17. The summed E-state index contributed by atoms with van der Waals surface area (Å²) < 4.78 is 1.35. The van der Waals surface area contributed by atoms with Crippen LogP contribution in [-0.4, -0.2) is 18.5 Å². The molecule has 0 saturated heterocycles. The van der Waals surface area contributed by atoms with E-state index in [1.807, 2.05) is 11.3 Å². The Hall–Kier alpha value is -0.900. The van der Waals surface area contributed by atoms with Crippen LogP contribution < -0.4 is 5.73 Å². The van der Waals surface area contributed by atoms with E-state index in [0.29, 0.717) is 6.54 Å². The fourth-order valence-corrected chi connectivity index (χ4v) is 2.96. The van der Waals surface area contributed by atoms with Crippen LogP contribution in [0, 0.1) is 0 Å². The molecule has 0 atom stereocenters. The molecule has 86 valence electrons. The molecule has 2 N–H and O–H groups in total. The lowest BCUT2D eigenvalue weighted by Crippen LogP contribution is -2.17. The van der Waals surface area contributed by atoms with Crippen LogP contribution in [0.15, 0.2) is 24.3 Å². The van der Waals surface area contributed by atoms with Crippen molar-refractivity contribution in [2.75, 3.05) is 13.6 Å². The van der Waals surface area contributed by atoms with Gasteiger partial charge in [0.25, 0.3) is 0 Å². The maximum absolute atomic E-state index is 5.82. The van der Waals surface area contributed by atoms with Gasteiger partial charge in [-0.1, -0.05) is 25.1 Å². The first kappa shape index (κ1) is 11.6. The molecule has 0 aliphatic rings. The van der Waals surface area contributed by atoms with Crippen molar-refractivity contribution in [1.82, 2.24) is 4.90 Å². The molecule has 1 aromatic heterocycles. The smallest absolute Gasteiger partial charge is 0.0349 e. The van der Waals surface area contributed by atoms with Gasteiger partial charge in [0.05, 0.1) is 0 Å². The summed E-state index contributed by atoms with van der Waals surface area (Å²) in [4.78, 5) is 3.63. The molecule has 0 spiro atoms. The fourth-order valence-electron chi connectivity index (χ4n) is 1.87. The molecule has 0 radical (unpaired) electrons. The number of nitrogens with zero attached hydrogens (tertiary/aromatic N) is 1. The number of benzene rings is 1. The molecule has 0 bridgehead atoms. The molecule has 2 rings (SSSR count). The Balaban J connectivity index is 2.47. The molecule has 0 fully saturated rings. The van der Waals surface area contributed by atoms with Crippen molar-refractivity contribution in [3.63, 3.8) is 0 Å². The lowest BCUT2D eigenvalue weighted by molar-refractivity contribution is 0.346. The number of rotatable bonds is 4. The number of nitrogens with two attached hydrogens (primary N) is 1. The van der Waals surface area contributed by atoms with E-state index in [1.54, 1.807) is 0 Å². The summed E-state index contributed by atoms with van der Waals surface area (Å²) in [5.41, 5.74) is 7.23. The van der Waals surface area contributed by atoms with Crippen molar-refractivity contribution in [2.45, 2.75) is 20.0 Å². The standard InChI is InChI=1S/C13H18N2S/c1-3-15(2)9-11-10-6-4-5-7-12(10)16-13(11)8-14/h4-7H,3,8-9,14H2,1-2H3. The van der Waals surface area contributed by atoms with Crippen LogP contribution in [0.4, 0.5) is 0 Å². The fraction of sp³-hybridized carbons (Fsp3) is 0.385. The van der Waals surface area contributed by atoms with Gasteiger partial charge in [-0.05, 0) is 30.6 Å². The van der Waals surface area contributed by atoms with Crippen molar-refractivity contribution in [3.05, 3.63) is 34.7 Å². The third kappa shape index (κ3) is 2.12. The predicted molar refractivity (Wildman–Crippen MR) is 71.7 cm³/mol. The Morgan fingerprint density at radius 3 is 2.75 bits per heavy atom. The number of hydrogen-bond donors (Lipinski definition) is 1. The van der Waals surface area contributed by atoms with Crippen LogP contribution in [0.3, 0.4) is 0 Å². The van der Waals surface area contributed by atoms with Crippen LogP contribution in [0.25, 0.3) is 10.1 Å². The molecule has 16 heavy (non-hydrogen) atoms. The Morgan fingerprint density at radius 2 is 2.06 bits per heavy atom. The molecule has 1 aromatic carbocycles. The first-order valence-electron chi connectivity index (χ1n) is 5.64. The van der Waals surface area contributed by atoms with Crippen LogP contribution in [0.2, 0.25) is 0 Å². The zero-order valence-electron chi connectivity index (χ0n) is 9.86. The topological polar surface area (TPSA) is 29.3 Å². The summed E-state index contributed by atoms with van der Waals surface area (Å²) in [7, 11) is 2.15. The zero-order chi connectivity index (χ0) is 11.5. The average molecular weight is 234 g/mol. The summed E-state index contributed by atoms with van der Waals surface area (Å²) >= 11 is 1.82. The highest BCUT2D eigenvalue weighted by Gasteiger charge is 2.11. The zero-order valence-corrected chi connectivity index (χ0v) is 10.7. The minimum absolute atomic E-state index is 0.645. The molecule has 0 amide bonds. The van der Waals surface area contributed by atoms with Crippen molar-refractivity contribution in [3.8, 4) is 0 Å². The molecule has 0 aliphatic heterocycles. The first-order valence-corrected chi connectivity index (χ1v) is 6.45. The SMILES string of the molecule is CCN(C)Cc1c(CN)sc2ccccc12. The summed E-state index contributed by atoms with van der Waals surface area (Å²) in [6, 6.07) is 8.57. The lowest BCUT2D eigenvalue weighted by Gasteiger charge is -2.14. The van der Waals surface area contributed by atoms with E-state index < -0.39 is 0 Å². The summed E-state index contributed by atoms with van der Waals surface area (Å²) in [6.07, 6.45) is 0. The minimum atomic E-state index is 0.645. The van der Waals surface area contributed by atoms with Gasteiger partial charge in [0.1, 0.15) is 0 Å². The molecule has 0 unspecified atom stereocenters. The Labute approximate surface area is 101 Å². The van der Waals surface area contributed by atoms with E-state index in [4.69, 9.17) is 5.73 Å². The molecular formula is C13H18N2S. The Kier molecular flexibility index (Phi) is 3.59. The van der Waals surface area contributed by atoms with Gasteiger partial charge in [0.15, 0.2) is 0 Å². The van der Waals surface area contributed by atoms with E-state index in [0.717, 1.165) is 13.1 Å². The van der Waals surface area contributed by atoms with Crippen LogP contribution >= 0.6 is 11.3 Å². The number of hydrogen-bond acceptors (Lipinski definition) is 3. The second kappa shape index (κ2) is 4.95. The summed E-state index contributed by atoms with van der Waals surface area (Å²) in [6.45, 7) is 4.88. The van der Waals surface area contributed by atoms with Crippen LogP contribution in [0.5, 0.6) is 0 Å². The van der Waals surface area contributed by atoms with Crippen molar-refractivity contribution >= 4 is 21.4 Å². The highest BCUT2D eigenvalue weighted by molar-refractivity contribution is 7.19. The Morgan fingerprint density at radius 1 is 1.31 bits per heavy atom. The van der Waals surface area contributed by atoms with Gasteiger partial charge >= 0.3 is 0 Å². The van der Waals surface area contributed by atoms with E-state index in [2.05, 4.69) is 43.1 Å². The van der Waals surface area contributed by atoms with Gasteiger partial charge in [-0.15, -0.1) is 11.3 Å². The van der Waals surface area contributed by atoms with Crippen LogP contribution in [0.1, 0.15) is 17.4 Å². The minimum Gasteiger partial charge on any atom is -0.326 e. The van der Waals surface area contributed by atoms with E-state index in [1.165, 1.54) is 20.5 Å². The molecule has 0 aliphatic carbocycles. The highest BCUT2D eigenvalue weighted by atomic mass is 32.1. The second-order valence-electron chi connectivity index (χ2n) is 4.03. The molecule has 3 heteroatoms. The second-order valence-corrected chi connectivity index (χ2v) is 5.17. The molecule has 1 heterocycles. The summed E-state index contributed by atoms with van der Waals surface area (Å²) in [5.74, 6) is 0. The quantitative estimate of drug-likeness (QED) is 0.881. The highest BCUT2D eigenvalue weighted by Crippen LogP contribution is 2.31. The van der Waals surface area contributed by atoms with Crippen molar-refractivity contribution in [1.29, 1.82) is 0 Å². The van der Waals surface area contributed by atoms with Gasteiger partial charge in [0, 0.05) is 22.7 Å². The van der Waals surface area contributed by atoms with E-state index >= 15 is 0 Å². The predicted octanol–water partition coefficient (Wildman–Crippen LogP) is 2.81. The normalized spacial score (nSPS) is 11.5. The maximum atomic E-state index is 5.82. The maximum Gasteiger partial charge on any atom is 0.0349 e. The number of fused-ring (bicyclic) bond motifs is 1. The first-order chi connectivity index (χ1) is 7.76. The van der Waals surface area contributed by atoms with Crippen LogP contribution in [-0.2, 0) is 13.1 Å².